The smallest absolute Gasteiger partial charge is 0.334 e. The van der Waals surface area contributed by atoms with Gasteiger partial charge in [0.05, 0.1) is 12.5 Å². The van der Waals surface area contributed by atoms with Gasteiger partial charge in [0.15, 0.2) is 5.96 Å². The van der Waals surface area contributed by atoms with Crippen molar-refractivity contribution in [1.82, 2.24) is 79.3 Å². The van der Waals surface area contributed by atoms with Crippen molar-refractivity contribution in [3.63, 3.8) is 0 Å². The number of phenols is 1. The Bertz CT molecular complexity index is 3750. The topological polar surface area (TPSA) is 466 Å². The molecule has 0 unspecified atom stereocenters. The highest BCUT2D eigenvalue weighted by atomic mass is 16.3. The van der Waals surface area contributed by atoms with E-state index in [4.69, 9.17) is 11.1 Å². The molecule has 0 aliphatic carbocycles. The number of benzene rings is 4. The van der Waals surface area contributed by atoms with Gasteiger partial charge >= 0.3 is 6.03 Å². The SMILES string of the molecule is CCCCCNC(=O)C[C@H](NC(=O)[C@@H](Cc1c[nH]c2ccccc12)NC(=O)[C@@H](Cc1ccc(O)cc1)NC(C)=O)C(=O)N[C@H](C(=O)N[C@@H](Cc1ccccc1)C(=O)NNC(=O)N[C@@H](CC(C)C)C(=O)N[C@@H](CCCNC(=N)NC)C(=O)N[C@@H](Cc1c[nH]c2ccccc12)C(N)=O)[C@@H](C)O. The van der Waals surface area contributed by atoms with E-state index in [0.717, 1.165) is 23.7 Å². The number of aromatic nitrogens is 2. The largest absolute Gasteiger partial charge is 0.508 e. The fraction of sp³-hybridized carbons (Fsp3) is 0.420. The summed E-state index contributed by atoms with van der Waals surface area (Å²) in [5.41, 5.74) is 14.1. The third-order valence-electron chi connectivity index (χ3n) is 16.1. The fourth-order valence-corrected chi connectivity index (χ4v) is 10.9. The summed E-state index contributed by atoms with van der Waals surface area (Å²) in [4.78, 5) is 160. The maximum atomic E-state index is 14.8. The second-order valence-electron chi connectivity index (χ2n) is 24.6. The molecule has 4 aromatic carbocycles. The van der Waals surface area contributed by atoms with Gasteiger partial charge in [-0.25, -0.2) is 10.2 Å². The van der Waals surface area contributed by atoms with Gasteiger partial charge in [0, 0.05) is 86.9 Å². The van der Waals surface area contributed by atoms with Crippen molar-refractivity contribution < 1.29 is 63.0 Å². The molecule has 0 fully saturated rings. The number of urea groups is 1. The number of nitrogens with two attached hydrogens (primary N) is 1. The number of aliphatic hydroxyl groups is 1. The minimum absolute atomic E-state index is 0.00140. The zero-order valence-electron chi connectivity index (χ0n) is 56.4. The van der Waals surface area contributed by atoms with Crippen LogP contribution in [0.5, 0.6) is 5.75 Å². The van der Waals surface area contributed by atoms with Crippen molar-refractivity contribution in [2.24, 2.45) is 11.7 Å². The zero-order valence-corrected chi connectivity index (χ0v) is 56.4. The van der Waals surface area contributed by atoms with Crippen LogP contribution >= 0.6 is 0 Å². The van der Waals surface area contributed by atoms with E-state index in [-0.39, 0.29) is 75.7 Å². The minimum atomic E-state index is -1.88. The molecular weight excluding hydrogens is 1270 g/mol. The number of guanidine groups is 1. The molecule has 0 saturated carbocycles. The van der Waals surface area contributed by atoms with Gasteiger partial charge in [0.2, 0.25) is 53.2 Å². The molecule has 6 rings (SSSR count). The van der Waals surface area contributed by atoms with Gasteiger partial charge in [0.25, 0.3) is 5.91 Å². The number of primary amides is 1. The Morgan fingerprint density at radius 1 is 0.515 bits per heavy atom. The average Bonchev–Trinajstić information content (AvgIpc) is 1.82. The monoisotopic (exact) mass is 1370 g/mol. The summed E-state index contributed by atoms with van der Waals surface area (Å²) in [6.45, 7) is 8.33. The van der Waals surface area contributed by atoms with Crippen LogP contribution in [0.4, 0.5) is 4.79 Å². The number of amides is 12. The molecule has 12 amide bonds. The summed E-state index contributed by atoms with van der Waals surface area (Å²) in [6, 6.07) is 15.9. The highest BCUT2D eigenvalue weighted by Gasteiger charge is 2.37. The first kappa shape index (κ1) is 77.0. The molecule has 20 N–H and O–H groups in total. The second-order valence-corrected chi connectivity index (χ2v) is 24.6. The molecule has 0 bridgehead atoms. The molecule has 0 aliphatic rings. The van der Waals surface area contributed by atoms with Crippen LogP contribution in [-0.2, 0) is 73.6 Å². The predicted octanol–water partition coefficient (Wildman–Crippen LogP) is 0.871. The molecule has 2 heterocycles. The van der Waals surface area contributed by atoms with E-state index in [9.17, 15) is 63.0 Å². The molecule has 0 saturated heterocycles. The number of phenolic OH excluding ortho intramolecular Hbond substituents is 1. The summed E-state index contributed by atoms with van der Waals surface area (Å²) >= 11 is 0. The van der Waals surface area contributed by atoms with Gasteiger partial charge in [-0.3, -0.25) is 58.8 Å². The molecule has 2 aromatic heterocycles. The molecule has 532 valence electrons. The van der Waals surface area contributed by atoms with Gasteiger partial charge in [-0.15, -0.1) is 0 Å². The Hall–Kier alpha value is -11.0. The van der Waals surface area contributed by atoms with Crippen LogP contribution in [0, 0.1) is 11.3 Å². The van der Waals surface area contributed by atoms with Crippen molar-refractivity contribution in [2.75, 3.05) is 20.1 Å². The maximum Gasteiger partial charge on any atom is 0.334 e. The number of hydrogen-bond acceptors (Lipinski definition) is 14. The summed E-state index contributed by atoms with van der Waals surface area (Å²) in [7, 11) is 1.55. The number of nitrogens with one attached hydrogen (secondary N) is 16. The number of hydrazine groups is 1. The number of carbonyl (C=O) groups is 11. The third kappa shape index (κ3) is 24.8. The first-order valence-electron chi connectivity index (χ1n) is 32.9. The summed E-state index contributed by atoms with van der Waals surface area (Å²) < 4.78 is 0. The molecule has 0 aliphatic heterocycles. The van der Waals surface area contributed by atoms with Gasteiger partial charge in [-0.2, -0.15) is 0 Å². The number of aromatic hydroxyl groups is 1. The molecule has 30 nitrogen and oxygen atoms in total. The molecular formula is C69H93N17O13. The first-order chi connectivity index (χ1) is 47.3. The fourth-order valence-electron chi connectivity index (χ4n) is 10.9. The number of aromatic amines is 2. The van der Waals surface area contributed by atoms with Crippen LogP contribution in [0.15, 0.2) is 116 Å². The maximum absolute atomic E-state index is 14.8. The Labute approximate surface area is 573 Å². The zero-order chi connectivity index (χ0) is 72.1. The third-order valence-corrected chi connectivity index (χ3v) is 16.1. The number of H-pyrrole nitrogens is 2. The molecule has 6 aromatic rings. The Morgan fingerprint density at radius 3 is 1.59 bits per heavy atom. The number of rotatable bonds is 37. The molecule has 0 radical (unpaired) electrons. The van der Waals surface area contributed by atoms with Crippen molar-refractivity contribution in [2.45, 2.75) is 160 Å². The standard InChI is InChI=1S/C69H93N17O13/c1-7-8-16-29-73-58(90)36-57(81-64(95)56(35-45-38-76-50-23-15-13-21-48(45)50)80-63(94)54(77-41(5)88)33-43-25-27-46(89)28-26-43)65(96)84-59(40(4)87)67(98)82-55(32-42-18-10-9-11-19-42)66(97)85-86-69(99)83-53(31-39(2)3)62(93)78-51(24-17-30-74-68(71)72-6)61(92)79-52(60(70)91)34-44-37-75-49-22-14-12-20-47(44)49/h9-15,18-23,25-28,37-40,51-57,59,75-76,87,89H,7-8,16-17,24,29-36H2,1-6H3,(H2,70,91)(H,73,90)(H,77,88)(H,78,93)(H,79,92)(H,80,94)(H,81,95)(H,82,98)(H,84,96)(H,85,97)(H3,71,72,74)(H2,83,86,99)/t40-,51+,52+,53+,54-,55+,56-,57+,59+/m1/s1. The second kappa shape index (κ2) is 38.6. The lowest BCUT2D eigenvalue weighted by Crippen LogP contribution is -2.63. The number of hydrogen-bond donors (Lipinski definition) is 19. The Balaban J connectivity index is 1.19. The highest BCUT2D eigenvalue weighted by molar-refractivity contribution is 6.00. The van der Waals surface area contributed by atoms with Crippen molar-refractivity contribution in [3.05, 3.63) is 138 Å². The average molecular weight is 1370 g/mol. The van der Waals surface area contributed by atoms with Gasteiger partial charge in [-0.05, 0) is 85.0 Å². The van der Waals surface area contributed by atoms with E-state index in [1.54, 1.807) is 100 Å². The highest BCUT2D eigenvalue weighted by Crippen LogP contribution is 2.22. The van der Waals surface area contributed by atoms with Crippen molar-refractivity contribution >= 4 is 92.9 Å². The van der Waals surface area contributed by atoms with Crippen molar-refractivity contribution in [3.8, 4) is 5.75 Å². The minimum Gasteiger partial charge on any atom is -0.508 e. The lowest BCUT2D eigenvalue weighted by molar-refractivity contribution is -0.137. The van der Waals surface area contributed by atoms with E-state index in [2.05, 4.69) is 79.3 Å². The quantitative estimate of drug-likeness (QED) is 0.0111. The van der Waals surface area contributed by atoms with Crippen LogP contribution in [0.25, 0.3) is 21.8 Å². The Morgan fingerprint density at radius 2 is 1.01 bits per heavy atom. The van der Waals surface area contributed by atoms with E-state index in [1.807, 2.05) is 31.2 Å². The number of fused-ring (bicyclic) bond motifs is 2. The summed E-state index contributed by atoms with van der Waals surface area (Å²) in [6.07, 6.45) is 2.93. The molecule has 30 heteroatoms. The molecule has 0 spiro atoms. The van der Waals surface area contributed by atoms with Gasteiger partial charge < -0.3 is 84.4 Å². The van der Waals surface area contributed by atoms with Gasteiger partial charge in [0.1, 0.15) is 54.1 Å². The van der Waals surface area contributed by atoms with Crippen LogP contribution < -0.4 is 75.1 Å². The lowest BCUT2D eigenvalue weighted by Gasteiger charge is -2.28. The number of aliphatic hydroxyl groups excluding tert-OH is 1. The van der Waals surface area contributed by atoms with Crippen LogP contribution in [0.1, 0.15) is 102 Å². The number of unbranched alkanes of at least 4 members (excludes halogenated alkanes) is 2. The molecule has 99 heavy (non-hydrogen) atoms. The van der Waals surface area contributed by atoms with E-state index < -0.39 is 126 Å². The van der Waals surface area contributed by atoms with Crippen molar-refractivity contribution in [1.29, 1.82) is 5.41 Å². The predicted molar refractivity (Wildman–Crippen MR) is 370 cm³/mol. The number of para-hydroxylation sites is 2. The lowest BCUT2D eigenvalue weighted by atomic mass is 10.0. The van der Waals surface area contributed by atoms with E-state index >= 15 is 0 Å². The summed E-state index contributed by atoms with van der Waals surface area (Å²) in [5.74, 6) is -8.94. The van der Waals surface area contributed by atoms with Crippen LogP contribution in [-0.4, -0.2) is 166 Å². The van der Waals surface area contributed by atoms with Gasteiger partial charge in [-0.1, -0.05) is 112 Å². The van der Waals surface area contributed by atoms with Crippen LogP contribution in [0.3, 0.4) is 0 Å². The van der Waals surface area contributed by atoms with E-state index in [0.29, 0.717) is 39.6 Å². The molecule has 9 atom stereocenters. The van der Waals surface area contributed by atoms with E-state index in [1.165, 1.54) is 26.0 Å². The van der Waals surface area contributed by atoms with Crippen LogP contribution in [0.2, 0.25) is 0 Å². The normalized spacial score (nSPS) is 13.8. The first-order valence-corrected chi connectivity index (χ1v) is 32.9. The number of carbonyl (C=O) groups excluding carboxylic acids is 11. The Kier molecular flexibility index (Phi) is 30.0. The summed E-state index contributed by atoms with van der Waals surface area (Å²) in [5, 5.41) is 59.6.